The van der Waals surface area contributed by atoms with Gasteiger partial charge in [-0.05, 0) is 60.7 Å². The van der Waals surface area contributed by atoms with E-state index in [1.807, 2.05) is 11.0 Å². The molecule has 2 aliphatic rings. The average Bonchev–Trinajstić information content (AvgIpc) is 3.51. The fourth-order valence-corrected chi connectivity index (χ4v) is 4.49. The van der Waals surface area contributed by atoms with Gasteiger partial charge in [-0.15, -0.1) is 0 Å². The van der Waals surface area contributed by atoms with Crippen molar-refractivity contribution < 1.29 is 22.3 Å². The van der Waals surface area contributed by atoms with Gasteiger partial charge in [-0.25, -0.2) is 12.8 Å². The standard InChI is InChI=1S/C20H21FN2O4S/c1-27-19-7-6-17(11-18(19)21)28(25,26)22-16-5-4-13-8-9-23(12-15(13)10-16)20(24)14-2-3-14/h4-7,10-11,14,22H,2-3,8-9,12H2,1H3. The zero-order valence-corrected chi connectivity index (χ0v) is 16.3. The number of hydrogen-bond acceptors (Lipinski definition) is 4. The number of sulfonamides is 1. The van der Waals surface area contributed by atoms with Crippen LogP contribution in [0.5, 0.6) is 5.75 Å². The minimum atomic E-state index is -3.95. The van der Waals surface area contributed by atoms with E-state index in [9.17, 15) is 17.6 Å². The third-order valence-corrected chi connectivity index (χ3v) is 6.52. The van der Waals surface area contributed by atoms with Gasteiger partial charge in [-0.1, -0.05) is 6.07 Å². The van der Waals surface area contributed by atoms with Gasteiger partial charge < -0.3 is 9.64 Å². The summed E-state index contributed by atoms with van der Waals surface area (Å²) in [6.45, 7) is 1.18. The van der Waals surface area contributed by atoms with Crippen LogP contribution in [0, 0.1) is 11.7 Å². The van der Waals surface area contributed by atoms with Crippen molar-refractivity contribution in [2.24, 2.45) is 5.92 Å². The molecule has 148 valence electrons. The highest BCUT2D eigenvalue weighted by molar-refractivity contribution is 7.92. The van der Waals surface area contributed by atoms with Crippen molar-refractivity contribution >= 4 is 21.6 Å². The largest absolute Gasteiger partial charge is 0.494 e. The van der Waals surface area contributed by atoms with Gasteiger partial charge in [0.1, 0.15) is 0 Å². The number of rotatable bonds is 5. The minimum Gasteiger partial charge on any atom is -0.494 e. The van der Waals surface area contributed by atoms with Crippen molar-refractivity contribution in [2.75, 3.05) is 18.4 Å². The van der Waals surface area contributed by atoms with Crippen LogP contribution in [0.3, 0.4) is 0 Å². The number of methoxy groups -OCH3 is 1. The Hall–Kier alpha value is -2.61. The lowest BCUT2D eigenvalue weighted by molar-refractivity contribution is -0.133. The molecule has 1 aliphatic carbocycles. The number of carbonyl (C=O) groups excluding carboxylic acids is 1. The molecule has 2 aromatic rings. The number of nitrogens with one attached hydrogen (secondary N) is 1. The first-order valence-corrected chi connectivity index (χ1v) is 10.6. The van der Waals surface area contributed by atoms with E-state index in [-0.39, 0.29) is 22.5 Å². The van der Waals surface area contributed by atoms with Crippen molar-refractivity contribution in [2.45, 2.75) is 30.7 Å². The first-order chi connectivity index (χ1) is 13.4. The highest BCUT2D eigenvalue weighted by atomic mass is 32.2. The number of fused-ring (bicyclic) bond motifs is 1. The van der Waals surface area contributed by atoms with E-state index < -0.39 is 15.8 Å². The van der Waals surface area contributed by atoms with Gasteiger partial charge in [0.2, 0.25) is 5.91 Å². The Balaban J connectivity index is 1.54. The van der Waals surface area contributed by atoms with Crippen LogP contribution >= 0.6 is 0 Å². The number of anilines is 1. The van der Waals surface area contributed by atoms with Gasteiger partial charge in [-0.2, -0.15) is 0 Å². The fraction of sp³-hybridized carbons (Fsp3) is 0.350. The summed E-state index contributed by atoms with van der Waals surface area (Å²) in [5.74, 6) is -0.420. The van der Waals surface area contributed by atoms with Gasteiger partial charge >= 0.3 is 0 Å². The number of ether oxygens (including phenoxy) is 1. The Morgan fingerprint density at radius 3 is 2.64 bits per heavy atom. The second kappa shape index (κ2) is 7.09. The number of halogens is 1. The van der Waals surface area contributed by atoms with E-state index >= 15 is 0 Å². The first kappa shape index (κ1) is 18.7. The Labute approximate surface area is 163 Å². The maximum atomic E-state index is 13.9. The van der Waals surface area contributed by atoms with E-state index in [2.05, 4.69) is 4.72 Å². The van der Waals surface area contributed by atoms with E-state index in [0.717, 1.165) is 36.5 Å². The quantitative estimate of drug-likeness (QED) is 0.831. The van der Waals surface area contributed by atoms with E-state index in [1.54, 1.807) is 12.1 Å². The van der Waals surface area contributed by atoms with Gasteiger partial charge in [0.05, 0.1) is 12.0 Å². The van der Waals surface area contributed by atoms with Crippen molar-refractivity contribution in [3.05, 3.63) is 53.3 Å². The molecule has 6 nitrogen and oxygen atoms in total. The van der Waals surface area contributed by atoms with Gasteiger partial charge in [0.25, 0.3) is 10.0 Å². The van der Waals surface area contributed by atoms with Gasteiger partial charge in [0.15, 0.2) is 11.6 Å². The summed E-state index contributed by atoms with van der Waals surface area (Å²) in [5, 5.41) is 0. The maximum Gasteiger partial charge on any atom is 0.262 e. The monoisotopic (exact) mass is 404 g/mol. The molecule has 1 aliphatic heterocycles. The molecule has 0 bridgehead atoms. The third-order valence-electron chi connectivity index (χ3n) is 5.14. The molecule has 1 N–H and O–H groups in total. The summed E-state index contributed by atoms with van der Waals surface area (Å²) in [7, 11) is -2.63. The van der Waals surface area contributed by atoms with Crippen LogP contribution in [-0.2, 0) is 27.8 Å². The van der Waals surface area contributed by atoms with Crippen LogP contribution in [-0.4, -0.2) is 32.9 Å². The Bertz CT molecular complexity index is 1030. The van der Waals surface area contributed by atoms with Crippen molar-refractivity contribution in [1.82, 2.24) is 4.90 Å². The second-order valence-electron chi connectivity index (χ2n) is 7.17. The summed E-state index contributed by atoms with van der Waals surface area (Å²) in [6.07, 6.45) is 2.67. The van der Waals surface area contributed by atoms with Crippen LogP contribution in [0.4, 0.5) is 10.1 Å². The number of benzene rings is 2. The van der Waals surface area contributed by atoms with Crippen LogP contribution in [0.1, 0.15) is 24.0 Å². The molecular weight excluding hydrogens is 383 g/mol. The van der Waals surface area contributed by atoms with Crippen LogP contribution in [0.2, 0.25) is 0 Å². The molecule has 4 rings (SSSR count). The third kappa shape index (κ3) is 3.69. The van der Waals surface area contributed by atoms with Crippen molar-refractivity contribution in [1.29, 1.82) is 0 Å². The molecule has 8 heteroatoms. The summed E-state index contributed by atoms with van der Waals surface area (Å²) < 4.78 is 46.4. The topological polar surface area (TPSA) is 75.7 Å². The predicted octanol–water partition coefficient (Wildman–Crippen LogP) is 2.93. The Morgan fingerprint density at radius 2 is 1.96 bits per heavy atom. The van der Waals surface area contributed by atoms with Crippen LogP contribution in [0.25, 0.3) is 0 Å². The van der Waals surface area contributed by atoms with Crippen LogP contribution in [0.15, 0.2) is 41.3 Å². The lowest BCUT2D eigenvalue weighted by Crippen LogP contribution is -2.36. The molecule has 1 fully saturated rings. The normalized spacial score (nSPS) is 16.4. The highest BCUT2D eigenvalue weighted by Gasteiger charge is 2.34. The van der Waals surface area contributed by atoms with Crippen molar-refractivity contribution in [3.63, 3.8) is 0 Å². The van der Waals surface area contributed by atoms with Gasteiger partial charge in [-0.3, -0.25) is 9.52 Å². The molecule has 28 heavy (non-hydrogen) atoms. The number of hydrogen-bond donors (Lipinski definition) is 1. The molecule has 0 spiro atoms. The molecule has 0 unspecified atom stereocenters. The lowest BCUT2D eigenvalue weighted by atomic mass is 9.99. The first-order valence-electron chi connectivity index (χ1n) is 9.14. The molecule has 0 saturated heterocycles. The zero-order chi connectivity index (χ0) is 19.9. The van der Waals surface area contributed by atoms with E-state index in [1.165, 1.54) is 19.2 Å². The minimum absolute atomic E-state index is 0.0202. The number of nitrogens with zero attached hydrogens (tertiary/aromatic N) is 1. The maximum absolute atomic E-state index is 13.9. The number of amides is 1. The highest BCUT2D eigenvalue weighted by Crippen LogP contribution is 2.33. The average molecular weight is 404 g/mol. The SMILES string of the molecule is COc1ccc(S(=O)(=O)Nc2ccc3c(c2)CN(C(=O)C2CC2)CC3)cc1F. The number of carbonyl (C=O) groups is 1. The molecule has 2 aromatic carbocycles. The van der Waals surface area contributed by atoms with E-state index in [0.29, 0.717) is 18.8 Å². The second-order valence-corrected chi connectivity index (χ2v) is 8.85. The summed E-state index contributed by atoms with van der Waals surface area (Å²) >= 11 is 0. The smallest absolute Gasteiger partial charge is 0.262 e. The fourth-order valence-electron chi connectivity index (χ4n) is 3.43. The molecular formula is C20H21FN2O4S. The summed E-state index contributed by atoms with van der Waals surface area (Å²) in [4.78, 5) is 14.0. The zero-order valence-electron chi connectivity index (χ0n) is 15.4. The molecule has 1 heterocycles. The Kier molecular flexibility index (Phi) is 4.74. The lowest BCUT2D eigenvalue weighted by Gasteiger charge is -2.29. The van der Waals surface area contributed by atoms with E-state index in [4.69, 9.17) is 4.74 Å². The summed E-state index contributed by atoms with van der Waals surface area (Å²) in [5.41, 5.74) is 2.43. The summed E-state index contributed by atoms with van der Waals surface area (Å²) in [6, 6.07) is 8.81. The van der Waals surface area contributed by atoms with Crippen LogP contribution < -0.4 is 9.46 Å². The molecule has 0 aromatic heterocycles. The Morgan fingerprint density at radius 1 is 1.18 bits per heavy atom. The predicted molar refractivity (Wildman–Crippen MR) is 102 cm³/mol. The molecule has 1 amide bonds. The molecule has 1 saturated carbocycles. The molecule has 0 radical (unpaired) electrons. The van der Waals surface area contributed by atoms with Crippen molar-refractivity contribution in [3.8, 4) is 5.75 Å². The van der Waals surface area contributed by atoms with Gasteiger partial charge in [0, 0.05) is 24.7 Å². The molecule has 0 atom stereocenters.